The van der Waals surface area contributed by atoms with Gasteiger partial charge in [0.25, 0.3) is 0 Å². The van der Waals surface area contributed by atoms with Crippen molar-refractivity contribution in [2.75, 3.05) is 6.61 Å². The highest BCUT2D eigenvalue weighted by molar-refractivity contribution is 5.27. The Kier molecular flexibility index (Phi) is 3.01. The van der Waals surface area contributed by atoms with Gasteiger partial charge in [-0.05, 0) is 36.5 Å². The standard InChI is InChI=1S/C11H16N2O/c12-13-7-9-3-5-11(6-4-9)14-8-10-1-2-10/h3-6,10,13H,1-2,7-8,12H2. The van der Waals surface area contributed by atoms with Crippen LogP contribution in [0.3, 0.4) is 0 Å². The molecule has 1 aliphatic carbocycles. The number of nitrogens with one attached hydrogen (secondary N) is 1. The van der Waals surface area contributed by atoms with E-state index < -0.39 is 0 Å². The summed E-state index contributed by atoms with van der Waals surface area (Å²) >= 11 is 0. The predicted octanol–water partition coefficient (Wildman–Crippen LogP) is 1.44. The zero-order valence-electron chi connectivity index (χ0n) is 8.20. The Hall–Kier alpha value is -1.06. The maximum Gasteiger partial charge on any atom is 0.119 e. The lowest BCUT2D eigenvalue weighted by molar-refractivity contribution is 0.299. The van der Waals surface area contributed by atoms with Gasteiger partial charge in [-0.25, -0.2) is 0 Å². The molecule has 0 unspecified atom stereocenters. The zero-order valence-corrected chi connectivity index (χ0v) is 8.20. The van der Waals surface area contributed by atoms with Crippen molar-refractivity contribution in [2.24, 2.45) is 11.8 Å². The van der Waals surface area contributed by atoms with Gasteiger partial charge in [0.15, 0.2) is 0 Å². The summed E-state index contributed by atoms with van der Waals surface area (Å²) in [6.07, 6.45) is 2.66. The van der Waals surface area contributed by atoms with Crippen molar-refractivity contribution in [3.63, 3.8) is 0 Å². The summed E-state index contributed by atoms with van der Waals surface area (Å²) < 4.78 is 5.61. The van der Waals surface area contributed by atoms with E-state index in [0.717, 1.165) is 18.3 Å². The van der Waals surface area contributed by atoms with Crippen molar-refractivity contribution >= 4 is 0 Å². The van der Waals surface area contributed by atoms with E-state index in [1.807, 2.05) is 24.3 Å². The fourth-order valence-electron chi connectivity index (χ4n) is 1.32. The van der Waals surface area contributed by atoms with E-state index in [-0.39, 0.29) is 0 Å². The number of rotatable bonds is 5. The van der Waals surface area contributed by atoms with Crippen molar-refractivity contribution in [1.29, 1.82) is 0 Å². The van der Waals surface area contributed by atoms with E-state index in [1.165, 1.54) is 18.4 Å². The van der Waals surface area contributed by atoms with Crippen molar-refractivity contribution < 1.29 is 4.74 Å². The summed E-state index contributed by atoms with van der Waals surface area (Å²) in [4.78, 5) is 0. The molecule has 0 aliphatic heterocycles. The first-order valence-electron chi connectivity index (χ1n) is 5.03. The smallest absolute Gasteiger partial charge is 0.119 e. The minimum absolute atomic E-state index is 0.697. The second-order valence-corrected chi connectivity index (χ2v) is 3.78. The van der Waals surface area contributed by atoms with Crippen LogP contribution in [0, 0.1) is 5.92 Å². The lowest BCUT2D eigenvalue weighted by atomic mass is 10.2. The molecule has 0 atom stereocenters. The van der Waals surface area contributed by atoms with Crippen LogP contribution in [-0.4, -0.2) is 6.61 Å². The van der Waals surface area contributed by atoms with Gasteiger partial charge in [0, 0.05) is 6.54 Å². The van der Waals surface area contributed by atoms with Gasteiger partial charge in [-0.1, -0.05) is 12.1 Å². The molecule has 0 bridgehead atoms. The number of hydrazine groups is 1. The molecule has 1 fully saturated rings. The zero-order chi connectivity index (χ0) is 9.80. The molecule has 0 saturated heterocycles. The van der Waals surface area contributed by atoms with Gasteiger partial charge in [-0.3, -0.25) is 11.3 Å². The number of nitrogens with two attached hydrogens (primary N) is 1. The van der Waals surface area contributed by atoms with Crippen LogP contribution < -0.4 is 16.0 Å². The molecule has 2 rings (SSSR count). The highest BCUT2D eigenvalue weighted by atomic mass is 16.5. The molecule has 76 valence electrons. The lowest BCUT2D eigenvalue weighted by Crippen LogP contribution is -2.20. The van der Waals surface area contributed by atoms with Gasteiger partial charge in [-0.15, -0.1) is 0 Å². The SMILES string of the molecule is NNCc1ccc(OCC2CC2)cc1. The second-order valence-electron chi connectivity index (χ2n) is 3.78. The Bertz CT molecular complexity index is 280. The number of ether oxygens (including phenoxy) is 1. The number of hydrogen-bond acceptors (Lipinski definition) is 3. The van der Waals surface area contributed by atoms with Crippen molar-refractivity contribution in [3.8, 4) is 5.75 Å². The van der Waals surface area contributed by atoms with E-state index >= 15 is 0 Å². The predicted molar refractivity (Wildman–Crippen MR) is 55.7 cm³/mol. The minimum Gasteiger partial charge on any atom is -0.493 e. The van der Waals surface area contributed by atoms with Crippen LogP contribution in [0.2, 0.25) is 0 Å². The largest absolute Gasteiger partial charge is 0.493 e. The van der Waals surface area contributed by atoms with Gasteiger partial charge < -0.3 is 4.74 Å². The van der Waals surface area contributed by atoms with Gasteiger partial charge in [-0.2, -0.15) is 0 Å². The maximum absolute atomic E-state index is 5.61. The monoisotopic (exact) mass is 192 g/mol. The van der Waals surface area contributed by atoms with Crippen molar-refractivity contribution in [1.82, 2.24) is 5.43 Å². The normalized spacial score (nSPS) is 15.5. The molecular formula is C11H16N2O. The first kappa shape index (κ1) is 9.49. The number of hydrogen-bond donors (Lipinski definition) is 2. The topological polar surface area (TPSA) is 47.3 Å². The summed E-state index contributed by atoms with van der Waals surface area (Å²) in [7, 11) is 0. The fourth-order valence-corrected chi connectivity index (χ4v) is 1.32. The molecule has 3 N–H and O–H groups in total. The van der Waals surface area contributed by atoms with Crippen LogP contribution in [0.15, 0.2) is 24.3 Å². The van der Waals surface area contributed by atoms with Crippen LogP contribution in [0.4, 0.5) is 0 Å². The first-order valence-corrected chi connectivity index (χ1v) is 5.03. The summed E-state index contributed by atoms with van der Waals surface area (Å²) in [5, 5.41) is 0. The molecule has 1 saturated carbocycles. The molecule has 0 heterocycles. The second kappa shape index (κ2) is 4.44. The molecule has 0 amide bonds. The van der Waals surface area contributed by atoms with Crippen LogP contribution in [-0.2, 0) is 6.54 Å². The fraction of sp³-hybridized carbons (Fsp3) is 0.455. The Morgan fingerprint density at radius 3 is 2.57 bits per heavy atom. The van der Waals surface area contributed by atoms with E-state index in [1.54, 1.807) is 0 Å². The summed E-state index contributed by atoms with van der Waals surface area (Å²) in [6.45, 7) is 1.57. The van der Waals surface area contributed by atoms with Gasteiger partial charge in [0.1, 0.15) is 5.75 Å². The molecule has 0 radical (unpaired) electrons. The minimum atomic E-state index is 0.697. The van der Waals surface area contributed by atoms with Crippen LogP contribution >= 0.6 is 0 Å². The van der Waals surface area contributed by atoms with E-state index in [4.69, 9.17) is 10.6 Å². The number of benzene rings is 1. The summed E-state index contributed by atoms with van der Waals surface area (Å²) in [6, 6.07) is 8.05. The average molecular weight is 192 g/mol. The van der Waals surface area contributed by atoms with E-state index in [0.29, 0.717) is 6.54 Å². The third-order valence-electron chi connectivity index (χ3n) is 2.41. The third-order valence-corrected chi connectivity index (χ3v) is 2.41. The molecule has 0 spiro atoms. The van der Waals surface area contributed by atoms with E-state index in [9.17, 15) is 0 Å². The summed E-state index contributed by atoms with van der Waals surface area (Å²) in [5.41, 5.74) is 3.80. The highest BCUT2D eigenvalue weighted by Crippen LogP contribution is 2.29. The molecule has 14 heavy (non-hydrogen) atoms. The van der Waals surface area contributed by atoms with Crippen molar-refractivity contribution in [3.05, 3.63) is 29.8 Å². The molecule has 3 heteroatoms. The highest BCUT2D eigenvalue weighted by Gasteiger charge is 2.21. The van der Waals surface area contributed by atoms with Gasteiger partial charge in [0.2, 0.25) is 0 Å². The quantitative estimate of drug-likeness (QED) is 0.548. The lowest BCUT2D eigenvalue weighted by Gasteiger charge is -2.05. The molecular weight excluding hydrogens is 176 g/mol. The van der Waals surface area contributed by atoms with Gasteiger partial charge in [0.05, 0.1) is 6.61 Å². The Labute approximate surface area is 84.2 Å². The van der Waals surface area contributed by atoms with Gasteiger partial charge >= 0.3 is 0 Å². The molecule has 1 aromatic rings. The first-order chi connectivity index (χ1) is 6.88. The van der Waals surface area contributed by atoms with Crippen LogP contribution in [0.5, 0.6) is 5.75 Å². The Morgan fingerprint density at radius 2 is 2.00 bits per heavy atom. The molecule has 1 aliphatic rings. The molecule has 0 aromatic heterocycles. The molecule has 3 nitrogen and oxygen atoms in total. The average Bonchev–Trinajstić information content (AvgIpc) is 3.01. The van der Waals surface area contributed by atoms with Crippen LogP contribution in [0.25, 0.3) is 0 Å². The summed E-state index contributed by atoms with van der Waals surface area (Å²) in [5.74, 6) is 6.99. The third kappa shape index (κ3) is 2.72. The maximum atomic E-state index is 5.61. The molecule has 1 aromatic carbocycles. The van der Waals surface area contributed by atoms with E-state index in [2.05, 4.69) is 5.43 Å². The van der Waals surface area contributed by atoms with Crippen LogP contribution in [0.1, 0.15) is 18.4 Å². The Balaban J connectivity index is 1.84. The van der Waals surface area contributed by atoms with Crippen molar-refractivity contribution in [2.45, 2.75) is 19.4 Å². The Morgan fingerprint density at radius 1 is 1.29 bits per heavy atom.